The van der Waals surface area contributed by atoms with Crippen LogP contribution in [0.5, 0.6) is 0 Å². The van der Waals surface area contributed by atoms with Crippen molar-refractivity contribution in [2.75, 3.05) is 5.32 Å². The van der Waals surface area contributed by atoms with Crippen molar-refractivity contribution in [3.05, 3.63) is 57.0 Å². The molecule has 0 saturated heterocycles. The van der Waals surface area contributed by atoms with Crippen molar-refractivity contribution in [2.24, 2.45) is 11.1 Å². The van der Waals surface area contributed by atoms with Gasteiger partial charge in [0.25, 0.3) is 5.69 Å². The number of carbonyl (C=O) groups is 1. The van der Waals surface area contributed by atoms with Crippen LogP contribution in [-0.4, -0.2) is 10.8 Å². The molecule has 1 amide bonds. The Balaban J connectivity index is 1.99. The number of amides is 1. The number of carbonyl (C=O) groups excluding carboxylic acids is 1. The number of nitrogens with zero attached hydrogens (tertiary/aromatic N) is 1. The van der Waals surface area contributed by atoms with E-state index >= 15 is 0 Å². The Morgan fingerprint density at radius 3 is 2.76 bits per heavy atom. The molecule has 0 bridgehead atoms. The van der Waals surface area contributed by atoms with E-state index in [0.29, 0.717) is 5.69 Å². The van der Waals surface area contributed by atoms with Crippen molar-refractivity contribution < 1.29 is 14.1 Å². The summed E-state index contributed by atoms with van der Waals surface area (Å²) < 4.78 is 5.80. The van der Waals surface area contributed by atoms with E-state index in [2.05, 4.69) is 19.2 Å². The summed E-state index contributed by atoms with van der Waals surface area (Å²) in [6.45, 7) is 6.19. The average molecular weight is 343 g/mol. The second-order valence-electron chi connectivity index (χ2n) is 7.33. The second-order valence-corrected chi connectivity index (χ2v) is 7.33. The average Bonchev–Trinajstić information content (AvgIpc) is 2.86. The van der Waals surface area contributed by atoms with E-state index in [-0.39, 0.29) is 22.7 Å². The molecule has 2 aromatic rings. The van der Waals surface area contributed by atoms with Crippen LogP contribution < -0.4 is 11.1 Å². The minimum absolute atomic E-state index is 0.0108. The molecule has 1 aliphatic rings. The number of aryl methyl sites for hydroxylation is 1. The van der Waals surface area contributed by atoms with Gasteiger partial charge in [0.2, 0.25) is 5.91 Å². The van der Waals surface area contributed by atoms with Crippen LogP contribution in [0.25, 0.3) is 0 Å². The Kier molecular flexibility index (Phi) is 4.02. The van der Waals surface area contributed by atoms with Gasteiger partial charge in [-0.15, -0.1) is 0 Å². The number of nitro benzene ring substituents is 1. The Morgan fingerprint density at radius 1 is 1.40 bits per heavy atom. The molecule has 3 rings (SSSR count). The van der Waals surface area contributed by atoms with Crippen molar-refractivity contribution in [3.63, 3.8) is 0 Å². The highest BCUT2D eigenvalue weighted by molar-refractivity contribution is 5.94. The van der Waals surface area contributed by atoms with Gasteiger partial charge in [-0.25, -0.2) is 0 Å². The molecule has 1 heterocycles. The van der Waals surface area contributed by atoms with Crippen LogP contribution in [0.15, 0.2) is 28.7 Å². The highest BCUT2D eigenvalue weighted by atomic mass is 16.6. The lowest BCUT2D eigenvalue weighted by Crippen LogP contribution is -2.28. The first kappa shape index (κ1) is 17.0. The van der Waals surface area contributed by atoms with Crippen LogP contribution in [0.4, 0.5) is 11.4 Å². The molecule has 7 nitrogen and oxygen atoms in total. The lowest BCUT2D eigenvalue weighted by atomic mass is 9.74. The molecular formula is C18H21N3O4. The zero-order chi connectivity index (χ0) is 18.4. The summed E-state index contributed by atoms with van der Waals surface area (Å²) in [6.07, 6.45) is 1.64. The summed E-state index contributed by atoms with van der Waals surface area (Å²) in [4.78, 5) is 22.2. The quantitative estimate of drug-likeness (QED) is 0.649. The normalized spacial score (nSPS) is 18.4. The van der Waals surface area contributed by atoms with Gasteiger partial charge >= 0.3 is 0 Å². The fourth-order valence-corrected chi connectivity index (χ4v) is 3.46. The van der Waals surface area contributed by atoms with Gasteiger partial charge in [-0.2, -0.15) is 0 Å². The molecule has 0 unspecified atom stereocenters. The highest BCUT2D eigenvalue weighted by Gasteiger charge is 2.35. The number of rotatable bonds is 4. The lowest BCUT2D eigenvalue weighted by molar-refractivity contribution is -0.384. The monoisotopic (exact) mass is 343 g/mol. The molecule has 3 N–H and O–H groups in total. The minimum Gasteiger partial charge on any atom is -0.466 e. The number of anilines is 1. The third-order valence-electron chi connectivity index (χ3n) is 4.54. The summed E-state index contributed by atoms with van der Waals surface area (Å²) in [7, 11) is 0. The maximum atomic E-state index is 11.4. The number of nitrogens with two attached hydrogens (primary N) is 1. The Hall–Kier alpha value is -2.83. The first-order valence-electron chi connectivity index (χ1n) is 8.10. The molecular weight excluding hydrogens is 322 g/mol. The van der Waals surface area contributed by atoms with Crippen molar-refractivity contribution >= 4 is 17.3 Å². The van der Waals surface area contributed by atoms with Crippen LogP contribution >= 0.6 is 0 Å². The Morgan fingerprint density at radius 2 is 2.12 bits per heavy atom. The number of benzene rings is 1. The fourth-order valence-electron chi connectivity index (χ4n) is 3.46. The second kappa shape index (κ2) is 5.91. The number of nitro groups is 1. The van der Waals surface area contributed by atoms with Crippen LogP contribution in [-0.2, 0) is 6.42 Å². The number of fused-ring (bicyclic) bond motifs is 1. The van der Waals surface area contributed by atoms with Gasteiger partial charge in [0.15, 0.2) is 0 Å². The van der Waals surface area contributed by atoms with Crippen molar-refractivity contribution in [1.29, 1.82) is 0 Å². The molecule has 1 aromatic carbocycles. The molecule has 0 aliphatic heterocycles. The minimum atomic E-state index is -0.693. The molecule has 25 heavy (non-hydrogen) atoms. The van der Waals surface area contributed by atoms with Crippen molar-refractivity contribution in [1.82, 2.24) is 0 Å². The summed E-state index contributed by atoms with van der Waals surface area (Å²) in [5, 5.41) is 14.7. The maximum absolute atomic E-state index is 11.4. The van der Waals surface area contributed by atoms with Crippen molar-refractivity contribution in [3.8, 4) is 0 Å². The predicted molar refractivity (Wildman–Crippen MR) is 93.5 cm³/mol. The SMILES string of the molecule is Cc1cc2c(o1)CC(C)(C)C[C@@H]2Nc1ccc(C(N)=O)cc1[N+](=O)[O-]. The van der Waals surface area contributed by atoms with E-state index in [0.717, 1.165) is 29.9 Å². The van der Waals surface area contributed by atoms with Gasteiger partial charge in [-0.3, -0.25) is 14.9 Å². The molecule has 0 radical (unpaired) electrons. The number of hydrogen-bond acceptors (Lipinski definition) is 5. The molecule has 132 valence electrons. The van der Waals surface area contributed by atoms with Gasteiger partial charge in [-0.05, 0) is 37.0 Å². The fraction of sp³-hybridized carbons (Fsp3) is 0.389. The van der Waals surface area contributed by atoms with Gasteiger partial charge < -0.3 is 15.5 Å². The third-order valence-corrected chi connectivity index (χ3v) is 4.54. The van der Waals surface area contributed by atoms with E-state index in [1.165, 1.54) is 18.2 Å². The molecule has 1 aromatic heterocycles. The van der Waals surface area contributed by atoms with Crippen LogP contribution in [0, 0.1) is 22.5 Å². The number of nitrogens with one attached hydrogen (secondary N) is 1. The smallest absolute Gasteiger partial charge is 0.293 e. The number of primary amides is 1. The standard InChI is InChI=1S/C18H21N3O4/c1-10-6-12-14(8-18(2,3)9-16(12)25-10)20-13-5-4-11(17(19)22)7-15(13)21(23)24/h4-7,14,20H,8-9H2,1-3H3,(H2,19,22)/t14-/m0/s1. The van der Waals surface area contributed by atoms with E-state index in [1.807, 2.05) is 13.0 Å². The zero-order valence-electron chi connectivity index (χ0n) is 14.5. The van der Waals surface area contributed by atoms with Gasteiger partial charge in [0.1, 0.15) is 17.2 Å². The van der Waals surface area contributed by atoms with E-state index in [4.69, 9.17) is 10.2 Å². The van der Waals surface area contributed by atoms with E-state index in [1.54, 1.807) is 0 Å². The summed E-state index contributed by atoms with van der Waals surface area (Å²) in [5.74, 6) is 1.05. The molecule has 0 fully saturated rings. The lowest BCUT2D eigenvalue weighted by Gasteiger charge is -2.35. The van der Waals surface area contributed by atoms with Crippen LogP contribution in [0.2, 0.25) is 0 Å². The van der Waals surface area contributed by atoms with E-state index < -0.39 is 10.8 Å². The van der Waals surface area contributed by atoms with Crippen molar-refractivity contribution in [2.45, 2.75) is 39.7 Å². The summed E-state index contributed by atoms with van der Waals surface area (Å²) in [6, 6.07) is 6.11. The molecule has 0 spiro atoms. The first-order chi connectivity index (χ1) is 11.7. The maximum Gasteiger partial charge on any atom is 0.293 e. The Bertz CT molecular complexity index is 854. The predicted octanol–water partition coefficient (Wildman–Crippen LogP) is 3.72. The topological polar surface area (TPSA) is 111 Å². The highest BCUT2D eigenvalue weighted by Crippen LogP contribution is 2.44. The van der Waals surface area contributed by atoms with Crippen LogP contribution in [0.3, 0.4) is 0 Å². The van der Waals surface area contributed by atoms with Crippen LogP contribution in [0.1, 0.15) is 53.8 Å². The zero-order valence-corrected chi connectivity index (χ0v) is 14.5. The molecule has 7 heteroatoms. The summed E-state index contributed by atoms with van der Waals surface area (Å²) in [5.41, 5.74) is 6.58. The van der Waals surface area contributed by atoms with Gasteiger partial charge in [-0.1, -0.05) is 13.8 Å². The number of hydrogen-bond donors (Lipinski definition) is 2. The first-order valence-corrected chi connectivity index (χ1v) is 8.10. The van der Waals surface area contributed by atoms with E-state index in [9.17, 15) is 14.9 Å². The molecule has 1 atom stereocenters. The third kappa shape index (κ3) is 3.35. The molecule has 1 aliphatic carbocycles. The number of furan rings is 1. The summed E-state index contributed by atoms with van der Waals surface area (Å²) >= 11 is 0. The Labute approximate surface area is 145 Å². The molecule has 0 saturated carbocycles. The largest absolute Gasteiger partial charge is 0.466 e. The van der Waals surface area contributed by atoms with Gasteiger partial charge in [0.05, 0.1) is 11.0 Å². The van der Waals surface area contributed by atoms with Gasteiger partial charge in [0, 0.05) is 23.6 Å².